The number of unbranched alkanes of at least 4 members (excludes halogenated alkanes) is 22. The summed E-state index contributed by atoms with van der Waals surface area (Å²) in [7, 11) is 4.30. The molecular weight excluding hydrogens is 470 g/mol. The minimum absolute atomic E-state index is 0.00665. The Morgan fingerprint density at radius 1 is 0.500 bits per heavy atom. The second kappa shape index (κ2) is 29.8. The zero-order valence-electron chi connectivity index (χ0n) is 26.8. The van der Waals surface area contributed by atoms with Gasteiger partial charge in [0, 0.05) is 6.61 Å². The first-order chi connectivity index (χ1) is 18.6. The van der Waals surface area contributed by atoms with Gasteiger partial charge in [0.05, 0.1) is 27.3 Å². The molecule has 0 aromatic carbocycles. The topological polar surface area (TPSA) is 38.7 Å². The highest BCUT2D eigenvalue weighted by Gasteiger charge is 2.28. The molecule has 4 nitrogen and oxygen atoms in total. The van der Waals surface area contributed by atoms with Crippen LogP contribution in [-0.2, 0) is 9.47 Å². The molecule has 1 N–H and O–H groups in total. The molecule has 0 rings (SSSR count). The molecule has 0 fully saturated rings. The van der Waals surface area contributed by atoms with Crippen molar-refractivity contribution in [3.63, 3.8) is 0 Å². The molecule has 4 heteroatoms. The van der Waals surface area contributed by atoms with E-state index in [1.54, 1.807) is 0 Å². The lowest BCUT2D eigenvalue weighted by molar-refractivity contribution is -0.938. The highest BCUT2D eigenvalue weighted by atomic mass is 16.5. The summed E-state index contributed by atoms with van der Waals surface area (Å²) in [6, 6.07) is 0. The molecule has 1 atom stereocenters. The molecule has 1 unspecified atom stereocenters. The Bertz CT molecular complexity index is 443. The second-order valence-electron chi connectivity index (χ2n) is 12.4. The van der Waals surface area contributed by atoms with E-state index in [1.165, 1.54) is 141 Å². The molecule has 38 heavy (non-hydrogen) atoms. The molecule has 0 aromatic heterocycles. The first-order valence-electron chi connectivity index (χ1n) is 17.2. The van der Waals surface area contributed by atoms with Gasteiger partial charge in [0.2, 0.25) is 6.23 Å². The molecule has 0 aliphatic rings. The normalized spacial score (nSPS) is 12.9. The monoisotopic (exact) mass is 543 g/mol. The molecule has 0 aliphatic carbocycles. The highest BCUT2D eigenvalue weighted by molar-refractivity contribution is 4.52. The average molecular weight is 543 g/mol. The third-order valence-corrected chi connectivity index (χ3v) is 8.17. The van der Waals surface area contributed by atoms with Crippen molar-refractivity contribution in [2.24, 2.45) is 0 Å². The molecular formula is C34H72NO3+. The zero-order chi connectivity index (χ0) is 28.0. The Balaban J connectivity index is 3.76. The van der Waals surface area contributed by atoms with E-state index >= 15 is 0 Å². The van der Waals surface area contributed by atoms with Gasteiger partial charge in [-0.15, -0.1) is 0 Å². The number of rotatable bonds is 32. The minimum Gasteiger partial charge on any atom is -0.391 e. The fraction of sp³-hybridized carbons (Fsp3) is 1.00. The number of aliphatic hydroxyl groups excluding tert-OH is 1. The van der Waals surface area contributed by atoms with Crippen molar-refractivity contribution in [3.05, 3.63) is 0 Å². The molecule has 0 aliphatic heterocycles. The quantitative estimate of drug-likeness (QED) is 0.0522. The standard InChI is InChI=1S/C34H72NO3/c1-5-7-9-11-13-15-17-19-21-23-25-27-31-37-33-34(35(3,4)29-30-36)38-32-28-26-24-22-20-18-16-14-12-10-8-6-2/h34,36H,5-33H2,1-4H3/q+1. The minimum atomic E-state index is 0.00665. The van der Waals surface area contributed by atoms with Crippen LogP contribution in [0.2, 0.25) is 0 Å². The highest BCUT2D eigenvalue weighted by Crippen LogP contribution is 2.15. The average Bonchev–Trinajstić information content (AvgIpc) is 2.90. The fourth-order valence-corrected chi connectivity index (χ4v) is 5.25. The summed E-state index contributed by atoms with van der Waals surface area (Å²) in [6.07, 6.45) is 32.8. The number of aliphatic hydroxyl groups is 1. The maximum atomic E-state index is 9.52. The van der Waals surface area contributed by atoms with Crippen LogP contribution in [0, 0.1) is 0 Å². The fourth-order valence-electron chi connectivity index (χ4n) is 5.25. The van der Waals surface area contributed by atoms with Crippen molar-refractivity contribution < 1.29 is 19.1 Å². The Labute approximate surface area is 240 Å². The third kappa shape index (κ3) is 26.1. The van der Waals surface area contributed by atoms with Gasteiger partial charge >= 0.3 is 0 Å². The van der Waals surface area contributed by atoms with E-state index in [2.05, 4.69) is 27.9 Å². The first kappa shape index (κ1) is 37.8. The predicted molar refractivity (Wildman–Crippen MR) is 167 cm³/mol. The van der Waals surface area contributed by atoms with E-state index in [4.69, 9.17) is 9.47 Å². The van der Waals surface area contributed by atoms with Crippen molar-refractivity contribution in [1.82, 2.24) is 0 Å². The summed E-state index contributed by atoms with van der Waals surface area (Å²) in [4.78, 5) is 0. The lowest BCUT2D eigenvalue weighted by atomic mass is 10.1. The van der Waals surface area contributed by atoms with Crippen molar-refractivity contribution >= 4 is 0 Å². The molecule has 0 spiro atoms. The Morgan fingerprint density at radius 3 is 1.21 bits per heavy atom. The third-order valence-electron chi connectivity index (χ3n) is 8.17. The smallest absolute Gasteiger partial charge is 0.216 e. The summed E-state index contributed by atoms with van der Waals surface area (Å²) in [5.41, 5.74) is 0. The van der Waals surface area contributed by atoms with Crippen LogP contribution in [-0.4, -0.2) is 62.9 Å². The molecule has 0 aromatic rings. The summed E-state index contributed by atoms with van der Waals surface area (Å²) < 4.78 is 13.0. The Hall–Kier alpha value is -0.160. The van der Waals surface area contributed by atoms with Gasteiger partial charge in [-0.25, -0.2) is 0 Å². The largest absolute Gasteiger partial charge is 0.391 e. The number of ether oxygens (including phenoxy) is 2. The van der Waals surface area contributed by atoms with Crippen molar-refractivity contribution in [2.75, 3.05) is 47.1 Å². The SMILES string of the molecule is CCCCCCCCCCCCCCOCC(OCCCCCCCCCCCCCC)[N+](C)(C)CCO. The summed E-state index contributed by atoms with van der Waals surface area (Å²) in [5, 5.41) is 9.52. The lowest BCUT2D eigenvalue weighted by Crippen LogP contribution is -2.54. The van der Waals surface area contributed by atoms with Gasteiger partial charge in [0.25, 0.3) is 0 Å². The number of hydrogen-bond donors (Lipinski definition) is 1. The van der Waals surface area contributed by atoms with Crippen molar-refractivity contribution in [1.29, 1.82) is 0 Å². The molecule has 0 radical (unpaired) electrons. The van der Waals surface area contributed by atoms with Crippen LogP contribution in [0.1, 0.15) is 168 Å². The zero-order valence-corrected chi connectivity index (χ0v) is 26.8. The maximum absolute atomic E-state index is 9.52. The van der Waals surface area contributed by atoms with Gasteiger partial charge in [-0.3, -0.25) is 4.48 Å². The van der Waals surface area contributed by atoms with Crippen LogP contribution < -0.4 is 0 Å². The molecule has 230 valence electrons. The van der Waals surface area contributed by atoms with E-state index in [0.29, 0.717) is 17.6 Å². The van der Waals surface area contributed by atoms with Gasteiger partial charge < -0.3 is 14.6 Å². The van der Waals surface area contributed by atoms with Crippen LogP contribution in [0.25, 0.3) is 0 Å². The molecule has 0 heterocycles. The van der Waals surface area contributed by atoms with Gasteiger partial charge in [-0.1, -0.05) is 155 Å². The molecule has 0 bridgehead atoms. The molecule has 0 saturated carbocycles. The number of likely N-dealkylation sites (N-methyl/N-ethyl adjacent to an activating group) is 1. The summed E-state index contributed by atoms with van der Waals surface area (Å²) >= 11 is 0. The summed E-state index contributed by atoms with van der Waals surface area (Å²) in [5.74, 6) is 0. The van der Waals surface area contributed by atoms with E-state index < -0.39 is 0 Å². The number of nitrogens with zero attached hydrogens (tertiary/aromatic N) is 1. The Morgan fingerprint density at radius 2 is 0.842 bits per heavy atom. The Kier molecular flexibility index (Phi) is 29.7. The predicted octanol–water partition coefficient (Wildman–Crippen LogP) is 9.82. The second-order valence-corrected chi connectivity index (χ2v) is 12.4. The van der Waals surface area contributed by atoms with Crippen LogP contribution in [0.4, 0.5) is 0 Å². The van der Waals surface area contributed by atoms with Crippen LogP contribution >= 0.6 is 0 Å². The van der Waals surface area contributed by atoms with Gasteiger partial charge in [-0.05, 0) is 12.8 Å². The van der Waals surface area contributed by atoms with E-state index in [0.717, 1.165) is 26.1 Å². The first-order valence-corrected chi connectivity index (χ1v) is 17.2. The lowest BCUT2D eigenvalue weighted by Gasteiger charge is -2.36. The van der Waals surface area contributed by atoms with Crippen LogP contribution in [0.15, 0.2) is 0 Å². The van der Waals surface area contributed by atoms with Crippen LogP contribution in [0.3, 0.4) is 0 Å². The van der Waals surface area contributed by atoms with Gasteiger partial charge in [0.15, 0.2) is 0 Å². The van der Waals surface area contributed by atoms with Crippen LogP contribution in [0.5, 0.6) is 0 Å². The van der Waals surface area contributed by atoms with Gasteiger partial charge in [0.1, 0.15) is 13.2 Å². The van der Waals surface area contributed by atoms with E-state index in [9.17, 15) is 5.11 Å². The van der Waals surface area contributed by atoms with Gasteiger partial charge in [-0.2, -0.15) is 0 Å². The number of hydrogen-bond acceptors (Lipinski definition) is 3. The van der Waals surface area contributed by atoms with Crippen molar-refractivity contribution in [3.8, 4) is 0 Å². The van der Waals surface area contributed by atoms with Crippen molar-refractivity contribution in [2.45, 2.75) is 174 Å². The molecule has 0 saturated heterocycles. The van der Waals surface area contributed by atoms with E-state index in [-0.39, 0.29) is 12.8 Å². The number of quaternary nitrogens is 1. The maximum Gasteiger partial charge on any atom is 0.216 e. The molecule has 0 amide bonds. The summed E-state index contributed by atoms with van der Waals surface area (Å²) in [6.45, 7) is 7.72. The van der Waals surface area contributed by atoms with E-state index in [1.807, 2.05) is 0 Å².